The average molecular weight is 401 g/mol. The lowest BCUT2D eigenvalue weighted by Gasteiger charge is -2.18. The third kappa shape index (κ3) is 3.54. The number of amides is 1. The summed E-state index contributed by atoms with van der Waals surface area (Å²) in [5, 5.41) is 29.1. The number of ketones is 1. The van der Waals surface area contributed by atoms with Crippen LogP contribution in [0, 0.1) is 0 Å². The van der Waals surface area contributed by atoms with Gasteiger partial charge in [0.1, 0.15) is 0 Å². The van der Waals surface area contributed by atoms with Crippen LogP contribution in [0.1, 0.15) is 24.2 Å². The van der Waals surface area contributed by atoms with Gasteiger partial charge in [-0.25, -0.2) is 0 Å². The van der Waals surface area contributed by atoms with Crippen LogP contribution in [-0.4, -0.2) is 40.2 Å². The molecule has 4 aromatic rings. The van der Waals surface area contributed by atoms with Crippen LogP contribution in [0.5, 0.6) is 0 Å². The summed E-state index contributed by atoms with van der Waals surface area (Å²) >= 11 is 0. The molecule has 0 unspecified atom stereocenters. The van der Waals surface area contributed by atoms with Crippen LogP contribution in [0.15, 0.2) is 66.7 Å². The monoisotopic (exact) mass is 401 g/mol. The number of fused-ring (bicyclic) bond motifs is 5. The van der Waals surface area contributed by atoms with Crippen LogP contribution in [0.25, 0.3) is 32.3 Å². The Morgan fingerprint density at radius 3 is 2.03 bits per heavy atom. The third-order valence-electron chi connectivity index (χ3n) is 5.29. The lowest BCUT2D eigenvalue weighted by molar-refractivity contribution is -0.134. The summed E-state index contributed by atoms with van der Waals surface area (Å²) in [6.45, 7) is 3.46. The molecule has 152 valence electrons. The van der Waals surface area contributed by atoms with E-state index < -0.39 is 23.9 Å². The number of carbonyl (C=O) groups is 2. The van der Waals surface area contributed by atoms with Gasteiger partial charge in [-0.05, 0) is 52.2 Å². The molecule has 2 atom stereocenters. The number of hydrogen-bond donors (Lipinski definition) is 3. The van der Waals surface area contributed by atoms with Crippen molar-refractivity contribution in [3.8, 4) is 0 Å². The van der Waals surface area contributed by atoms with Gasteiger partial charge in [-0.3, -0.25) is 9.59 Å². The summed E-state index contributed by atoms with van der Waals surface area (Å²) in [7, 11) is 0. The predicted molar refractivity (Wildman–Crippen MR) is 119 cm³/mol. The molecule has 3 N–H and O–H groups in total. The number of rotatable bonds is 5. The number of benzene rings is 4. The van der Waals surface area contributed by atoms with Gasteiger partial charge in [-0.1, -0.05) is 60.7 Å². The molecule has 0 fully saturated rings. The molecule has 0 aliphatic heterocycles. The molecule has 0 radical (unpaired) electrons. The second-order valence-electron chi connectivity index (χ2n) is 7.80. The van der Waals surface area contributed by atoms with Gasteiger partial charge < -0.3 is 15.5 Å². The Bertz CT molecular complexity index is 1280. The van der Waals surface area contributed by atoms with Gasteiger partial charge in [0.2, 0.25) is 0 Å². The number of aliphatic hydroxyl groups is 2. The number of nitrogens with one attached hydrogen (secondary N) is 1. The van der Waals surface area contributed by atoms with Gasteiger partial charge in [0.05, 0.1) is 0 Å². The van der Waals surface area contributed by atoms with Crippen molar-refractivity contribution in [3.05, 3.63) is 72.3 Å². The highest BCUT2D eigenvalue weighted by atomic mass is 16.3. The first kappa shape index (κ1) is 20.0. The number of Topliss-reactive ketones (excluding diaryl/α,β-unsaturated/α-hetero) is 1. The maximum absolute atomic E-state index is 12.7. The molecule has 30 heavy (non-hydrogen) atoms. The van der Waals surface area contributed by atoms with E-state index in [-0.39, 0.29) is 11.6 Å². The lowest BCUT2D eigenvalue weighted by atomic mass is 9.94. The van der Waals surface area contributed by atoms with E-state index in [2.05, 4.69) is 29.6 Å². The Kier molecular flexibility index (Phi) is 5.24. The molecule has 0 spiro atoms. The standard InChI is InChI=1S/C25H23NO4/c1-14(2)26-25(30)24(29)23(28)22(27)17-9-10-19-16(13-17)8-12-20-18-6-4-3-5-15(18)7-11-21(19)20/h3-14,23-24,28-29H,1-2H3,(H,26,30)/t23-,24+/m0/s1. The highest BCUT2D eigenvalue weighted by Crippen LogP contribution is 2.31. The van der Waals surface area contributed by atoms with E-state index in [1.165, 1.54) is 0 Å². The van der Waals surface area contributed by atoms with Gasteiger partial charge in [0.25, 0.3) is 5.91 Å². The van der Waals surface area contributed by atoms with Crippen LogP contribution in [0.4, 0.5) is 0 Å². The van der Waals surface area contributed by atoms with Crippen LogP contribution >= 0.6 is 0 Å². The molecule has 0 bridgehead atoms. The zero-order valence-corrected chi connectivity index (χ0v) is 16.8. The summed E-state index contributed by atoms with van der Waals surface area (Å²) in [5.41, 5.74) is 0.242. The van der Waals surface area contributed by atoms with Crippen molar-refractivity contribution in [2.24, 2.45) is 0 Å². The van der Waals surface area contributed by atoms with Crippen molar-refractivity contribution in [1.82, 2.24) is 5.32 Å². The van der Waals surface area contributed by atoms with E-state index in [9.17, 15) is 19.8 Å². The van der Waals surface area contributed by atoms with Gasteiger partial charge >= 0.3 is 0 Å². The minimum absolute atomic E-state index is 0.209. The molecule has 0 heterocycles. The number of aliphatic hydroxyl groups excluding tert-OH is 2. The van der Waals surface area contributed by atoms with Crippen LogP contribution in [-0.2, 0) is 4.79 Å². The lowest BCUT2D eigenvalue weighted by Crippen LogP contribution is -2.47. The minimum atomic E-state index is -1.83. The zero-order valence-electron chi connectivity index (χ0n) is 16.8. The molecule has 4 rings (SSSR count). The summed E-state index contributed by atoms with van der Waals surface area (Å²) in [5.74, 6) is -1.47. The van der Waals surface area contributed by atoms with E-state index in [1.807, 2.05) is 30.3 Å². The fourth-order valence-corrected chi connectivity index (χ4v) is 3.81. The second-order valence-corrected chi connectivity index (χ2v) is 7.80. The first-order valence-corrected chi connectivity index (χ1v) is 9.92. The molecule has 5 nitrogen and oxygen atoms in total. The van der Waals surface area contributed by atoms with Crippen molar-refractivity contribution < 1.29 is 19.8 Å². The minimum Gasteiger partial charge on any atom is -0.382 e. The summed E-state index contributed by atoms with van der Waals surface area (Å²) in [6, 6.07) is 21.2. The SMILES string of the molecule is CC(C)NC(=O)[C@H](O)[C@@H](O)C(=O)c1ccc2c(ccc3c4ccccc4ccc23)c1. The molecule has 5 heteroatoms. The van der Waals surface area contributed by atoms with E-state index in [0.717, 1.165) is 32.3 Å². The Hall–Kier alpha value is -3.28. The quantitative estimate of drug-likeness (QED) is 0.352. The number of hydrogen-bond acceptors (Lipinski definition) is 4. The smallest absolute Gasteiger partial charge is 0.252 e. The Morgan fingerprint density at radius 1 is 0.733 bits per heavy atom. The van der Waals surface area contributed by atoms with E-state index in [1.54, 1.807) is 26.0 Å². The largest absolute Gasteiger partial charge is 0.382 e. The van der Waals surface area contributed by atoms with Crippen LogP contribution in [0.3, 0.4) is 0 Å². The molecule has 1 amide bonds. The second kappa shape index (κ2) is 7.86. The molecule has 0 saturated carbocycles. The first-order chi connectivity index (χ1) is 14.4. The van der Waals surface area contributed by atoms with E-state index >= 15 is 0 Å². The maximum Gasteiger partial charge on any atom is 0.252 e. The van der Waals surface area contributed by atoms with Gasteiger partial charge in [0, 0.05) is 11.6 Å². The van der Waals surface area contributed by atoms with Crippen LogP contribution < -0.4 is 5.32 Å². The van der Waals surface area contributed by atoms with Gasteiger partial charge in [0.15, 0.2) is 18.0 Å². The number of carbonyl (C=O) groups excluding carboxylic acids is 2. The Balaban J connectivity index is 1.71. The highest BCUT2D eigenvalue weighted by Gasteiger charge is 2.31. The fraction of sp³-hybridized carbons (Fsp3) is 0.200. The molecule has 0 saturated heterocycles. The predicted octanol–water partition coefficient (Wildman–Crippen LogP) is 3.58. The van der Waals surface area contributed by atoms with Crippen LogP contribution in [0.2, 0.25) is 0 Å². The van der Waals surface area contributed by atoms with E-state index in [4.69, 9.17) is 0 Å². The van der Waals surface area contributed by atoms with Crippen molar-refractivity contribution in [3.63, 3.8) is 0 Å². The molecule has 0 aliphatic rings. The Labute approximate surface area is 173 Å². The molecular formula is C25H23NO4. The summed E-state index contributed by atoms with van der Waals surface area (Å²) in [4.78, 5) is 24.6. The van der Waals surface area contributed by atoms with Crippen molar-refractivity contribution in [2.45, 2.75) is 32.1 Å². The van der Waals surface area contributed by atoms with E-state index in [0.29, 0.717) is 0 Å². The highest BCUT2D eigenvalue weighted by molar-refractivity contribution is 6.18. The third-order valence-corrected chi connectivity index (χ3v) is 5.29. The summed E-state index contributed by atoms with van der Waals surface area (Å²) < 4.78 is 0. The summed E-state index contributed by atoms with van der Waals surface area (Å²) in [6.07, 6.45) is -3.65. The van der Waals surface area contributed by atoms with Crippen molar-refractivity contribution in [1.29, 1.82) is 0 Å². The van der Waals surface area contributed by atoms with Gasteiger partial charge in [-0.15, -0.1) is 0 Å². The first-order valence-electron chi connectivity index (χ1n) is 9.92. The van der Waals surface area contributed by atoms with Crippen molar-refractivity contribution in [2.75, 3.05) is 0 Å². The molecule has 4 aromatic carbocycles. The molecular weight excluding hydrogens is 378 g/mol. The topological polar surface area (TPSA) is 86.6 Å². The van der Waals surface area contributed by atoms with Gasteiger partial charge in [-0.2, -0.15) is 0 Å². The molecule has 0 aliphatic carbocycles. The maximum atomic E-state index is 12.7. The zero-order chi connectivity index (χ0) is 21.4. The molecule has 0 aromatic heterocycles. The Morgan fingerprint density at radius 2 is 1.33 bits per heavy atom. The van der Waals surface area contributed by atoms with Crippen molar-refractivity contribution >= 4 is 44.0 Å². The average Bonchev–Trinajstić information content (AvgIpc) is 2.76. The fourth-order valence-electron chi connectivity index (χ4n) is 3.81. The normalized spacial score (nSPS) is 13.6.